The Hall–Kier alpha value is -2.31. The number of pyridine rings is 1. The second-order valence-electron chi connectivity index (χ2n) is 4.75. The van der Waals surface area contributed by atoms with Crippen LogP contribution in [0.5, 0.6) is 0 Å². The maximum atomic E-state index is 11.1. The molecule has 3 rings (SSSR count). The summed E-state index contributed by atoms with van der Waals surface area (Å²) in [7, 11) is 0. The Bertz CT molecular complexity index is 624. The number of nitrogens with zero attached hydrogens (tertiary/aromatic N) is 4. The molecule has 1 unspecified atom stereocenters. The molecule has 7 nitrogen and oxygen atoms in total. The Balaban J connectivity index is 1.97. The predicted octanol–water partition coefficient (Wildman–Crippen LogP) is 0.612. The molecule has 3 N–H and O–H groups in total. The van der Waals surface area contributed by atoms with Gasteiger partial charge in [-0.3, -0.25) is 4.79 Å². The van der Waals surface area contributed by atoms with Gasteiger partial charge in [0.1, 0.15) is 5.82 Å². The van der Waals surface area contributed by atoms with Crippen LogP contribution < -0.4 is 10.6 Å². The van der Waals surface area contributed by atoms with E-state index in [0.717, 1.165) is 25.2 Å². The number of hydrogen-bond acceptors (Lipinski definition) is 5. The van der Waals surface area contributed by atoms with Crippen molar-refractivity contribution in [3.8, 4) is 0 Å². The molecule has 0 aliphatic carbocycles. The van der Waals surface area contributed by atoms with Crippen molar-refractivity contribution in [3.05, 3.63) is 18.2 Å². The Morgan fingerprint density at radius 3 is 3.11 bits per heavy atom. The lowest BCUT2D eigenvalue weighted by molar-refractivity contribution is -0.141. The van der Waals surface area contributed by atoms with E-state index in [2.05, 4.69) is 10.1 Å². The molecular weight excluding hydrogens is 246 g/mol. The van der Waals surface area contributed by atoms with Gasteiger partial charge in [0, 0.05) is 13.1 Å². The molecule has 0 spiro atoms. The van der Waals surface area contributed by atoms with Crippen molar-refractivity contribution in [3.63, 3.8) is 0 Å². The van der Waals surface area contributed by atoms with Gasteiger partial charge < -0.3 is 15.7 Å². The van der Waals surface area contributed by atoms with Crippen LogP contribution in [-0.4, -0.2) is 38.8 Å². The van der Waals surface area contributed by atoms with E-state index >= 15 is 0 Å². The molecule has 3 heterocycles. The number of hydrogen-bond donors (Lipinski definition) is 2. The zero-order chi connectivity index (χ0) is 13.4. The van der Waals surface area contributed by atoms with Crippen LogP contribution in [0.4, 0.5) is 11.8 Å². The number of aromatic nitrogens is 3. The summed E-state index contributed by atoms with van der Waals surface area (Å²) in [5.74, 6) is -0.00764. The summed E-state index contributed by atoms with van der Waals surface area (Å²) in [6.45, 7) is 1.32. The summed E-state index contributed by atoms with van der Waals surface area (Å²) in [5.41, 5.74) is 6.28. The average molecular weight is 261 g/mol. The molecule has 2 aromatic heterocycles. The number of piperidine rings is 1. The molecule has 0 saturated carbocycles. The summed E-state index contributed by atoms with van der Waals surface area (Å²) >= 11 is 0. The zero-order valence-electron chi connectivity index (χ0n) is 10.4. The molecule has 19 heavy (non-hydrogen) atoms. The standard InChI is InChI=1S/C12H15N5O2/c13-12-14-9-4-1-5-10(17(9)15-12)16-6-2-3-8(7-16)11(18)19/h1,4-5,8H,2-3,6-7H2,(H2,13,15)(H,18,19). The third-order valence-corrected chi connectivity index (χ3v) is 3.45. The molecule has 0 amide bonds. The SMILES string of the molecule is Nc1nc2cccc(N3CCCC(C(=O)O)C3)n2n1. The van der Waals surface area contributed by atoms with Crippen LogP contribution in [-0.2, 0) is 4.79 Å². The summed E-state index contributed by atoms with van der Waals surface area (Å²) < 4.78 is 1.67. The van der Waals surface area contributed by atoms with Gasteiger partial charge in [-0.25, -0.2) is 0 Å². The maximum Gasteiger partial charge on any atom is 0.308 e. The van der Waals surface area contributed by atoms with Crippen LogP contribution in [0.25, 0.3) is 5.65 Å². The Labute approximate surface area is 109 Å². The summed E-state index contributed by atoms with van der Waals surface area (Å²) in [5, 5.41) is 13.3. The van der Waals surface area contributed by atoms with Crippen molar-refractivity contribution in [2.75, 3.05) is 23.7 Å². The number of aliphatic carboxylic acids is 1. The minimum absolute atomic E-state index is 0.222. The highest BCUT2D eigenvalue weighted by atomic mass is 16.4. The highest BCUT2D eigenvalue weighted by Crippen LogP contribution is 2.23. The van der Waals surface area contributed by atoms with Crippen molar-refractivity contribution in [1.29, 1.82) is 0 Å². The van der Waals surface area contributed by atoms with Crippen molar-refractivity contribution in [1.82, 2.24) is 14.6 Å². The van der Waals surface area contributed by atoms with Crippen molar-refractivity contribution < 1.29 is 9.90 Å². The number of fused-ring (bicyclic) bond motifs is 1. The smallest absolute Gasteiger partial charge is 0.308 e. The maximum absolute atomic E-state index is 11.1. The molecule has 0 radical (unpaired) electrons. The number of anilines is 2. The molecule has 2 aromatic rings. The lowest BCUT2D eigenvalue weighted by Crippen LogP contribution is -2.39. The van der Waals surface area contributed by atoms with Gasteiger partial charge in [0.15, 0.2) is 5.65 Å². The quantitative estimate of drug-likeness (QED) is 0.822. The minimum atomic E-state index is -0.741. The Kier molecular flexibility index (Phi) is 2.73. The van der Waals surface area contributed by atoms with Gasteiger partial charge >= 0.3 is 5.97 Å². The van der Waals surface area contributed by atoms with E-state index in [4.69, 9.17) is 10.8 Å². The topological polar surface area (TPSA) is 96.8 Å². The van der Waals surface area contributed by atoms with Gasteiger partial charge in [0.2, 0.25) is 5.95 Å². The largest absolute Gasteiger partial charge is 0.481 e. The predicted molar refractivity (Wildman–Crippen MR) is 70.0 cm³/mol. The molecule has 1 aliphatic heterocycles. The van der Waals surface area contributed by atoms with E-state index in [1.54, 1.807) is 4.52 Å². The molecule has 7 heteroatoms. The third kappa shape index (κ3) is 2.07. The fourth-order valence-electron chi connectivity index (χ4n) is 2.53. The highest BCUT2D eigenvalue weighted by molar-refractivity contribution is 5.71. The monoisotopic (exact) mass is 261 g/mol. The van der Waals surface area contributed by atoms with Crippen LogP contribution >= 0.6 is 0 Å². The summed E-state index contributed by atoms with van der Waals surface area (Å²) in [6.07, 6.45) is 1.58. The van der Waals surface area contributed by atoms with Crippen LogP contribution in [0.15, 0.2) is 18.2 Å². The lowest BCUT2D eigenvalue weighted by atomic mass is 9.98. The van der Waals surface area contributed by atoms with Crippen LogP contribution in [0.2, 0.25) is 0 Å². The van der Waals surface area contributed by atoms with Gasteiger partial charge in [-0.1, -0.05) is 6.07 Å². The molecule has 0 bridgehead atoms. The van der Waals surface area contributed by atoms with E-state index in [1.165, 1.54) is 0 Å². The third-order valence-electron chi connectivity index (χ3n) is 3.45. The summed E-state index contributed by atoms with van der Waals surface area (Å²) in [6, 6.07) is 5.61. The van der Waals surface area contributed by atoms with Gasteiger partial charge in [-0.05, 0) is 25.0 Å². The lowest BCUT2D eigenvalue weighted by Gasteiger charge is -2.32. The Morgan fingerprint density at radius 2 is 2.32 bits per heavy atom. The zero-order valence-corrected chi connectivity index (χ0v) is 10.4. The number of nitrogen functional groups attached to an aromatic ring is 1. The molecule has 0 aromatic carbocycles. The summed E-state index contributed by atoms with van der Waals surface area (Å²) in [4.78, 5) is 17.3. The van der Waals surface area contributed by atoms with Gasteiger partial charge in [-0.15, -0.1) is 5.10 Å². The number of carboxylic acid groups (broad SMARTS) is 1. The van der Waals surface area contributed by atoms with Gasteiger partial charge in [0.05, 0.1) is 5.92 Å². The van der Waals surface area contributed by atoms with E-state index in [-0.39, 0.29) is 11.9 Å². The van der Waals surface area contributed by atoms with Crippen molar-refractivity contribution >= 4 is 23.4 Å². The average Bonchev–Trinajstić information content (AvgIpc) is 2.78. The van der Waals surface area contributed by atoms with Crippen LogP contribution in [0.3, 0.4) is 0 Å². The number of carbonyl (C=O) groups is 1. The molecule has 1 atom stereocenters. The van der Waals surface area contributed by atoms with Crippen molar-refractivity contribution in [2.24, 2.45) is 5.92 Å². The first kappa shape index (κ1) is 11.8. The number of nitrogens with two attached hydrogens (primary N) is 1. The van der Waals surface area contributed by atoms with E-state index < -0.39 is 5.97 Å². The molecule has 1 saturated heterocycles. The van der Waals surface area contributed by atoms with Crippen LogP contribution in [0.1, 0.15) is 12.8 Å². The molecule has 1 fully saturated rings. The van der Waals surface area contributed by atoms with Crippen LogP contribution in [0, 0.1) is 5.92 Å². The van der Waals surface area contributed by atoms with Gasteiger partial charge in [0.25, 0.3) is 0 Å². The van der Waals surface area contributed by atoms with E-state index in [9.17, 15) is 4.79 Å². The molecular formula is C12H15N5O2. The first-order chi connectivity index (χ1) is 9.15. The normalized spacial score (nSPS) is 19.8. The Morgan fingerprint density at radius 1 is 1.47 bits per heavy atom. The van der Waals surface area contributed by atoms with Gasteiger partial charge in [-0.2, -0.15) is 9.50 Å². The fraction of sp³-hybridized carbons (Fsp3) is 0.417. The van der Waals surface area contributed by atoms with Crippen molar-refractivity contribution in [2.45, 2.75) is 12.8 Å². The molecule has 100 valence electrons. The fourth-order valence-corrected chi connectivity index (χ4v) is 2.53. The number of carboxylic acids is 1. The first-order valence-electron chi connectivity index (χ1n) is 6.24. The second kappa shape index (κ2) is 4.42. The van der Waals surface area contributed by atoms with E-state index in [0.29, 0.717) is 12.2 Å². The second-order valence-corrected chi connectivity index (χ2v) is 4.75. The highest BCUT2D eigenvalue weighted by Gasteiger charge is 2.26. The first-order valence-corrected chi connectivity index (χ1v) is 6.24. The van der Waals surface area contributed by atoms with E-state index in [1.807, 2.05) is 23.1 Å². The minimum Gasteiger partial charge on any atom is -0.481 e. The molecule has 1 aliphatic rings. The number of rotatable bonds is 2.